The molecule has 0 amide bonds. The molecular weight excluding hydrogens is 170 g/mol. The van der Waals surface area contributed by atoms with E-state index in [-0.39, 0.29) is 24.5 Å². The van der Waals surface area contributed by atoms with E-state index in [1.165, 1.54) is 7.11 Å². The number of aliphatic hydroxyl groups excluding tert-OH is 1. The lowest BCUT2D eigenvalue weighted by Crippen LogP contribution is -2.37. The highest BCUT2D eigenvalue weighted by Crippen LogP contribution is 2.17. The molecule has 0 radical (unpaired) electrons. The van der Waals surface area contributed by atoms with Crippen LogP contribution in [-0.4, -0.2) is 37.9 Å². The Balaban J connectivity index is 3.67. The van der Waals surface area contributed by atoms with E-state index >= 15 is 0 Å². The predicted octanol–water partition coefficient (Wildman–Crippen LogP) is 0.158. The molecule has 0 bridgehead atoms. The minimum atomic E-state index is -0.281. The Bertz CT molecular complexity index is 155. The van der Waals surface area contributed by atoms with Gasteiger partial charge in [0.05, 0.1) is 13.7 Å². The first-order valence-electron chi connectivity index (χ1n) is 4.46. The minimum Gasteiger partial charge on any atom is -0.468 e. The average Bonchev–Trinajstić information content (AvgIpc) is 2.17. The molecule has 0 saturated heterocycles. The molecule has 0 aliphatic carbocycles. The minimum absolute atomic E-state index is 0.123. The van der Waals surface area contributed by atoms with Crippen LogP contribution >= 0.6 is 0 Å². The molecule has 4 heteroatoms. The fourth-order valence-electron chi connectivity index (χ4n) is 0.831. The topological polar surface area (TPSA) is 58.6 Å². The number of carbonyl (C=O) groups is 1. The Morgan fingerprint density at radius 1 is 1.62 bits per heavy atom. The van der Waals surface area contributed by atoms with Gasteiger partial charge in [-0.05, 0) is 6.42 Å². The first-order valence-corrected chi connectivity index (χ1v) is 4.46. The molecular formula is C9H19NO3. The summed E-state index contributed by atoms with van der Waals surface area (Å²) in [6, 6.07) is 0. The van der Waals surface area contributed by atoms with E-state index < -0.39 is 0 Å². The summed E-state index contributed by atoms with van der Waals surface area (Å²) in [5, 5.41) is 12.0. The third-order valence-electron chi connectivity index (χ3n) is 2.28. The molecule has 0 aliphatic rings. The molecule has 1 atom stereocenters. The summed E-state index contributed by atoms with van der Waals surface area (Å²) in [4.78, 5) is 10.7. The Hall–Kier alpha value is -0.610. The summed E-state index contributed by atoms with van der Waals surface area (Å²) < 4.78 is 4.47. The highest BCUT2D eigenvalue weighted by molar-refractivity contribution is 5.71. The number of aliphatic hydroxyl groups is 1. The van der Waals surface area contributed by atoms with Crippen LogP contribution in [0.5, 0.6) is 0 Å². The van der Waals surface area contributed by atoms with Crippen LogP contribution in [0.4, 0.5) is 0 Å². The van der Waals surface area contributed by atoms with Crippen LogP contribution in [0.15, 0.2) is 0 Å². The van der Waals surface area contributed by atoms with Gasteiger partial charge in [-0.2, -0.15) is 0 Å². The zero-order chi connectivity index (χ0) is 10.3. The van der Waals surface area contributed by atoms with Crippen molar-refractivity contribution in [1.82, 2.24) is 5.32 Å². The van der Waals surface area contributed by atoms with E-state index in [0.29, 0.717) is 6.54 Å². The van der Waals surface area contributed by atoms with Crippen LogP contribution in [-0.2, 0) is 9.53 Å². The smallest absolute Gasteiger partial charge is 0.319 e. The van der Waals surface area contributed by atoms with Crippen LogP contribution in [0.2, 0.25) is 0 Å². The van der Waals surface area contributed by atoms with E-state index in [0.717, 1.165) is 6.42 Å². The molecule has 4 nitrogen and oxygen atoms in total. The van der Waals surface area contributed by atoms with Gasteiger partial charge in [-0.15, -0.1) is 0 Å². The van der Waals surface area contributed by atoms with Crippen molar-refractivity contribution in [2.75, 3.05) is 26.8 Å². The van der Waals surface area contributed by atoms with Crippen molar-refractivity contribution in [2.45, 2.75) is 20.3 Å². The summed E-state index contributed by atoms with van der Waals surface area (Å²) in [6.07, 6.45) is 0.873. The van der Waals surface area contributed by atoms with Gasteiger partial charge < -0.3 is 15.2 Å². The zero-order valence-electron chi connectivity index (χ0n) is 8.59. The fourth-order valence-corrected chi connectivity index (χ4v) is 0.831. The number of carbonyl (C=O) groups excluding carboxylic acids is 1. The average molecular weight is 189 g/mol. The van der Waals surface area contributed by atoms with Crippen molar-refractivity contribution in [3.8, 4) is 0 Å². The largest absolute Gasteiger partial charge is 0.468 e. The van der Waals surface area contributed by atoms with Gasteiger partial charge in [0.1, 0.15) is 0 Å². The van der Waals surface area contributed by atoms with Crippen molar-refractivity contribution < 1.29 is 14.6 Å². The number of esters is 1. The molecule has 0 heterocycles. The number of hydrogen-bond acceptors (Lipinski definition) is 4. The lowest BCUT2D eigenvalue weighted by Gasteiger charge is -2.25. The second-order valence-corrected chi connectivity index (χ2v) is 3.50. The van der Waals surface area contributed by atoms with Gasteiger partial charge in [-0.25, -0.2) is 0 Å². The predicted molar refractivity (Wildman–Crippen MR) is 50.4 cm³/mol. The van der Waals surface area contributed by atoms with Crippen molar-refractivity contribution in [3.05, 3.63) is 0 Å². The van der Waals surface area contributed by atoms with Gasteiger partial charge >= 0.3 is 5.97 Å². The summed E-state index contributed by atoms with van der Waals surface area (Å²) in [6.45, 7) is 4.92. The number of hydrogen-bond donors (Lipinski definition) is 2. The van der Waals surface area contributed by atoms with Crippen LogP contribution in [0, 0.1) is 5.41 Å². The van der Waals surface area contributed by atoms with E-state index in [9.17, 15) is 4.79 Å². The molecule has 0 aromatic rings. The monoisotopic (exact) mass is 189 g/mol. The van der Waals surface area contributed by atoms with E-state index in [2.05, 4.69) is 10.1 Å². The lowest BCUT2D eigenvalue weighted by atomic mass is 9.89. The van der Waals surface area contributed by atoms with E-state index in [1.54, 1.807) is 0 Å². The SMILES string of the molecule is CCC(C)(CO)CNCC(=O)OC. The molecule has 0 spiro atoms. The summed E-state index contributed by atoms with van der Waals surface area (Å²) in [5.74, 6) is -0.281. The molecule has 78 valence electrons. The van der Waals surface area contributed by atoms with Gasteiger partial charge in [0.15, 0.2) is 0 Å². The van der Waals surface area contributed by atoms with Gasteiger partial charge in [-0.1, -0.05) is 13.8 Å². The van der Waals surface area contributed by atoms with Gasteiger partial charge in [0.2, 0.25) is 0 Å². The third-order valence-corrected chi connectivity index (χ3v) is 2.28. The molecule has 2 N–H and O–H groups in total. The van der Waals surface area contributed by atoms with Crippen LogP contribution in [0.25, 0.3) is 0 Å². The first kappa shape index (κ1) is 12.4. The van der Waals surface area contributed by atoms with Crippen molar-refractivity contribution in [3.63, 3.8) is 0 Å². The molecule has 0 aromatic heterocycles. The number of ether oxygens (including phenoxy) is 1. The maximum atomic E-state index is 10.7. The third kappa shape index (κ3) is 4.85. The molecule has 1 unspecified atom stereocenters. The van der Waals surface area contributed by atoms with Crippen molar-refractivity contribution in [2.24, 2.45) is 5.41 Å². The first-order chi connectivity index (χ1) is 6.08. The van der Waals surface area contributed by atoms with Crippen molar-refractivity contribution >= 4 is 5.97 Å². The van der Waals surface area contributed by atoms with Gasteiger partial charge in [0, 0.05) is 18.6 Å². The van der Waals surface area contributed by atoms with Crippen LogP contribution in [0.3, 0.4) is 0 Å². The lowest BCUT2D eigenvalue weighted by molar-refractivity contribution is -0.139. The second kappa shape index (κ2) is 5.94. The molecule has 0 fully saturated rings. The standard InChI is InChI=1S/C9H19NO3/c1-4-9(2,7-11)6-10-5-8(12)13-3/h10-11H,4-7H2,1-3H3. The Labute approximate surface area is 79.3 Å². The maximum absolute atomic E-state index is 10.7. The van der Waals surface area contributed by atoms with Gasteiger partial charge in [-0.3, -0.25) is 4.79 Å². The molecule has 0 aromatic carbocycles. The second-order valence-electron chi connectivity index (χ2n) is 3.50. The fraction of sp³-hybridized carbons (Fsp3) is 0.889. The quantitative estimate of drug-likeness (QED) is 0.584. The highest BCUT2D eigenvalue weighted by Gasteiger charge is 2.20. The zero-order valence-corrected chi connectivity index (χ0v) is 8.59. The van der Waals surface area contributed by atoms with Gasteiger partial charge in [0.25, 0.3) is 0 Å². The Morgan fingerprint density at radius 2 is 2.23 bits per heavy atom. The van der Waals surface area contributed by atoms with E-state index in [1.807, 2.05) is 13.8 Å². The van der Waals surface area contributed by atoms with E-state index in [4.69, 9.17) is 5.11 Å². The molecule has 0 saturated carbocycles. The van der Waals surface area contributed by atoms with Crippen LogP contribution < -0.4 is 5.32 Å². The normalized spacial score (nSPS) is 15.1. The molecule has 0 rings (SSSR count). The number of methoxy groups -OCH3 is 1. The molecule has 13 heavy (non-hydrogen) atoms. The maximum Gasteiger partial charge on any atom is 0.319 e. The Morgan fingerprint density at radius 3 is 2.62 bits per heavy atom. The number of nitrogens with one attached hydrogen (secondary N) is 1. The number of rotatable bonds is 6. The highest BCUT2D eigenvalue weighted by atomic mass is 16.5. The summed E-state index contributed by atoms with van der Waals surface area (Å²) in [7, 11) is 1.36. The summed E-state index contributed by atoms with van der Waals surface area (Å²) in [5.41, 5.74) is -0.145. The van der Waals surface area contributed by atoms with Crippen LogP contribution in [0.1, 0.15) is 20.3 Å². The summed E-state index contributed by atoms with van der Waals surface area (Å²) >= 11 is 0. The molecule has 0 aliphatic heterocycles. The van der Waals surface area contributed by atoms with Crippen molar-refractivity contribution in [1.29, 1.82) is 0 Å². The Kier molecular flexibility index (Phi) is 5.66.